The first kappa shape index (κ1) is 12.0. The van der Waals surface area contributed by atoms with Crippen LogP contribution in [0.3, 0.4) is 0 Å². The first-order valence-electron chi connectivity index (χ1n) is 5.30. The molecule has 90 valence electrons. The van der Waals surface area contributed by atoms with E-state index in [0.717, 1.165) is 11.3 Å². The molecule has 1 N–H and O–H groups in total. The molecule has 1 amide bonds. The van der Waals surface area contributed by atoms with Crippen LogP contribution in [0.5, 0.6) is 0 Å². The topological polar surface area (TPSA) is 57.6 Å². The van der Waals surface area contributed by atoms with Crippen LogP contribution < -0.4 is 4.90 Å². The highest BCUT2D eigenvalue weighted by atomic mass is 32.2. The number of hydrogen-bond acceptors (Lipinski definition) is 3. The molecule has 0 aliphatic carbocycles. The van der Waals surface area contributed by atoms with Crippen molar-refractivity contribution in [1.82, 2.24) is 0 Å². The molecular weight excluding hydrogens is 238 g/mol. The quantitative estimate of drug-likeness (QED) is 0.866. The van der Waals surface area contributed by atoms with Gasteiger partial charge in [0.2, 0.25) is 5.91 Å². The Labute approximate surface area is 104 Å². The Kier molecular flexibility index (Phi) is 3.38. The van der Waals surface area contributed by atoms with E-state index in [-0.39, 0.29) is 18.2 Å². The molecule has 0 spiro atoms. The number of benzene rings is 1. The van der Waals surface area contributed by atoms with E-state index in [4.69, 9.17) is 5.11 Å². The summed E-state index contributed by atoms with van der Waals surface area (Å²) in [5, 5.41) is 8.46. The van der Waals surface area contributed by atoms with E-state index >= 15 is 0 Å². The Morgan fingerprint density at radius 2 is 2.18 bits per heavy atom. The van der Waals surface area contributed by atoms with Crippen molar-refractivity contribution in [3.8, 4) is 0 Å². The number of hydrogen-bond donors (Lipinski definition) is 1. The Morgan fingerprint density at radius 1 is 1.47 bits per heavy atom. The Morgan fingerprint density at radius 3 is 2.82 bits per heavy atom. The van der Waals surface area contributed by atoms with Crippen LogP contribution in [0.2, 0.25) is 0 Å². The fraction of sp³-hybridized carbons (Fsp3) is 0.333. The van der Waals surface area contributed by atoms with Gasteiger partial charge in [0.05, 0.1) is 5.75 Å². The lowest BCUT2D eigenvalue weighted by atomic mass is 10.1. The molecule has 1 aromatic rings. The number of aryl methyl sites for hydroxylation is 1. The zero-order chi connectivity index (χ0) is 12.4. The fourth-order valence-electron chi connectivity index (χ4n) is 1.82. The number of carbonyl (C=O) groups is 2. The van der Waals surface area contributed by atoms with Crippen molar-refractivity contribution >= 4 is 29.3 Å². The molecule has 1 unspecified atom stereocenters. The minimum absolute atomic E-state index is 0.0261. The van der Waals surface area contributed by atoms with Crippen molar-refractivity contribution in [2.24, 2.45) is 0 Å². The fourth-order valence-corrected chi connectivity index (χ4v) is 2.72. The third-order valence-electron chi connectivity index (χ3n) is 2.74. The Hall–Kier alpha value is -1.49. The monoisotopic (exact) mass is 251 g/mol. The van der Waals surface area contributed by atoms with Crippen molar-refractivity contribution in [2.75, 3.05) is 17.2 Å². The van der Waals surface area contributed by atoms with Crippen molar-refractivity contribution in [1.29, 1.82) is 0 Å². The molecule has 1 aliphatic heterocycles. The zero-order valence-corrected chi connectivity index (χ0v) is 10.2. The van der Waals surface area contributed by atoms with Gasteiger partial charge in [-0.15, -0.1) is 11.8 Å². The average Bonchev–Trinajstić information content (AvgIpc) is 2.30. The SMILES string of the molecule is Cc1ccccc1N1CC(C(=O)O)SCC1=O. The first-order chi connectivity index (χ1) is 8.09. The number of aliphatic carboxylic acids is 1. The molecule has 1 saturated heterocycles. The molecule has 0 saturated carbocycles. The summed E-state index contributed by atoms with van der Waals surface area (Å²) in [5.74, 6) is -0.659. The van der Waals surface area contributed by atoms with E-state index in [1.165, 1.54) is 11.8 Å². The standard InChI is InChI=1S/C12H13NO3S/c1-8-4-2-3-5-9(8)13-6-10(12(15)16)17-7-11(13)14/h2-5,10H,6-7H2,1H3,(H,15,16). The number of carboxylic acids is 1. The number of thioether (sulfide) groups is 1. The van der Waals surface area contributed by atoms with E-state index in [9.17, 15) is 9.59 Å². The van der Waals surface area contributed by atoms with Gasteiger partial charge >= 0.3 is 5.97 Å². The van der Waals surface area contributed by atoms with Gasteiger partial charge in [0.1, 0.15) is 5.25 Å². The minimum Gasteiger partial charge on any atom is -0.480 e. The van der Waals surface area contributed by atoms with Crippen LogP contribution in [0.4, 0.5) is 5.69 Å². The van der Waals surface area contributed by atoms with Gasteiger partial charge in [-0.05, 0) is 18.6 Å². The second-order valence-corrected chi connectivity index (χ2v) is 5.12. The molecule has 0 bridgehead atoms. The number of carbonyl (C=O) groups excluding carboxylic acids is 1. The number of amides is 1. The maximum absolute atomic E-state index is 11.8. The molecule has 0 radical (unpaired) electrons. The summed E-state index contributed by atoms with van der Waals surface area (Å²) in [6.45, 7) is 2.16. The van der Waals surface area contributed by atoms with Crippen molar-refractivity contribution in [3.63, 3.8) is 0 Å². The zero-order valence-electron chi connectivity index (χ0n) is 9.42. The van der Waals surface area contributed by atoms with Gasteiger partial charge in [-0.3, -0.25) is 9.59 Å². The summed E-state index contributed by atoms with van der Waals surface area (Å²) in [4.78, 5) is 24.4. The van der Waals surface area contributed by atoms with Crippen LogP contribution in [0.15, 0.2) is 24.3 Å². The smallest absolute Gasteiger partial charge is 0.318 e. The van der Waals surface area contributed by atoms with Crippen molar-refractivity contribution < 1.29 is 14.7 Å². The first-order valence-corrected chi connectivity index (χ1v) is 6.35. The maximum Gasteiger partial charge on any atom is 0.318 e. The van der Waals surface area contributed by atoms with Gasteiger partial charge in [0.25, 0.3) is 0 Å². The third kappa shape index (κ3) is 2.44. The van der Waals surface area contributed by atoms with Gasteiger partial charge in [0, 0.05) is 12.2 Å². The van der Waals surface area contributed by atoms with Crippen LogP contribution in [0.25, 0.3) is 0 Å². The van der Waals surface area contributed by atoms with E-state index in [0.29, 0.717) is 0 Å². The van der Waals surface area contributed by atoms with E-state index < -0.39 is 11.2 Å². The van der Waals surface area contributed by atoms with Crippen LogP contribution in [-0.2, 0) is 9.59 Å². The predicted octanol–water partition coefficient (Wildman–Crippen LogP) is 1.53. The molecule has 2 rings (SSSR count). The summed E-state index contributed by atoms with van der Waals surface area (Å²) < 4.78 is 0. The molecule has 4 nitrogen and oxygen atoms in total. The van der Waals surface area contributed by atoms with Crippen LogP contribution in [-0.4, -0.2) is 34.5 Å². The number of anilines is 1. The van der Waals surface area contributed by atoms with Crippen molar-refractivity contribution in [2.45, 2.75) is 12.2 Å². The number of rotatable bonds is 2. The molecule has 5 heteroatoms. The van der Waals surface area contributed by atoms with E-state index in [1.54, 1.807) is 4.90 Å². The Bertz CT molecular complexity index is 461. The Balaban J connectivity index is 2.27. The molecule has 17 heavy (non-hydrogen) atoms. The van der Waals surface area contributed by atoms with E-state index in [2.05, 4.69) is 0 Å². The largest absolute Gasteiger partial charge is 0.480 e. The van der Waals surface area contributed by atoms with Gasteiger partial charge in [-0.2, -0.15) is 0 Å². The lowest BCUT2D eigenvalue weighted by Crippen LogP contribution is -2.45. The predicted molar refractivity (Wildman–Crippen MR) is 67.4 cm³/mol. The summed E-state index contributed by atoms with van der Waals surface area (Å²) in [6, 6.07) is 7.52. The highest BCUT2D eigenvalue weighted by molar-refractivity contribution is 8.01. The minimum atomic E-state index is -0.860. The van der Waals surface area contributed by atoms with Crippen LogP contribution >= 0.6 is 11.8 Å². The van der Waals surface area contributed by atoms with Gasteiger partial charge in [-0.25, -0.2) is 0 Å². The number of nitrogens with zero attached hydrogens (tertiary/aromatic N) is 1. The molecule has 1 fully saturated rings. The van der Waals surface area contributed by atoms with Gasteiger partial charge in [-0.1, -0.05) is 18.2 Å². The second-order valence-electron chi connectivity index (χ2n) is 3.93. The van der Waals surface area contributed by atoms with E-state index in [1.807, 2.05) is 31.2 Å². The lowest BCUT2D eigenvalue weighted by molar-refractivity contribution is -0.136. The summed E-state index contributed by atoms with van der Waals surface area (Å²) in [7, 11) is 0. The second kappa shape index (κ2) is 4.79. The molecular formula is C12H13NO3S. The summed E-state index contributed by atoms with van der Waals surface area (Å²) >= 11 is 1.19. The average molecular weight is 251 g/mol. The molecule has 1 atom stereocenters. The third-order valence-corrected chi connectivity index (χ3v) is 3.91. The molecule has 1 aliphatic rings. The summed E-state index contributed by atoms with van der Waals surface area (Å²) in [5.41, 5.74) is 1.79. The van der Waals surface area contributed by atoms with Crippen molar-refractivity contribution in [3.05, 3.63) is 29.8 Å². The normalized spacial score (nSPS) is 20.4. The number of para-hydroxylation sites is 1. The van der Waals surface area contributed by atoms with Gasteiger partial charge in [0.15, 0.2) is 0 Å². The summed E-state index contributed by atoms with van der Waals surface area (Å²) in [6.07, 6.45) is 0. The number of carboxylic acid groups (broad SMARTS) is 1. The van der Waals surface area contributed by atoms with Crippen LogP contribution in [0, 0.1) is 6.92 Å². The highest BCUT2D eigenvalue weighted by Gasteiger charge is 2.31. The molecule has 1 aromatic carbocycles. The molecule has 0 aromatic heterocycles. The lowest BCUT2D eigenvalue weighted by Gasteiger charge is -2.31. The van der Waals surface area contributed by atoms with Gasteiger partial charge < -0.3 is 10.0 Å². The van der Waals surface area contributed by atoms with Crippen LogP contribution in [0.1, 0.15) is 5.56 Å². The maximum atomic E-state index is 11.8. The highest BCUT2D eigenvalue weighted by Crippen LogP contribution is 2.27. The molecule has 1 heterocycles.